The lowest BCUT2D eigenvalue weighted by Crippen LogP contribution is -2.20. The Hall–Kier alpha value is -0.790. The van der Waals surface area contributed by atoms with Crippen molar-refractivity contribution in [2.45, 2.75) is 85.0 Å². The largest absolute Gasteiger partial charge is 0.361 e. The maximum absolute atomic E-state index is 5.59. The zero-order valence-electron chi connectivity index (χ0n) is 14.4. The molecule has 1 aliphatic rings. The van der Waals surface area contributed by atoms with E-state index in [-0.39, 0.29) is 0 Å². The molecule has 2 rings (SSSR count). The fraction of sp³-hybridized carbons (Fsp3) is 0.842. The van der Waals surface area contributed by atoms with E-state index in [1.54, 1.807) is 0 Å². The summed E-state index contributed by atoms with van der Waals surface area (Å²) >= 11 is 0. The lowest BCUT2D eigenvalue weighted by atomic mass is 9.72. The van der Waals surface area contributed by atoms with Crippen molar-refractivity contribution in [3.8, 4) is 0 Å². The summed E-state index contributed by atoms with van der Waals surface area (Å²) in [6.07, 6.45) is 12.3. The average Bonchev–Trinajstić information content (AvgIpc) is 2.90. The molecule has 21 heavy (non-hydrogen) atoms. The van der Waals surface area contributed by atoms with Crippen molar-refractivity contribution in [2.75, 3.05) is 0 Å². The topological polar surface area (TPSA) is 26.0 Å². The Balaban J connectivity index is 1.83. The molecular weight excluding hydrogens is 258 g/mol. The smallest absolute Gasteiger partial charge is 0.140 e. The Morgan fingerprint density at radius 1 is 1.24 bits per heavy atom. The SMILES string of the molecule is CCC(C)CCCC(CC)Cc1oncc1C1CC(C)C1. The predicted molar refractivity (Wildman–Crippen MR) is 88.4 cm³/mol. The van der Waals surface area contributed by atoms with E-state index in [0.717, 1.165) is 30.1 Å². The van der Waals surface area contributed by atoms with Gasteiger partial charge in [0, 0.05) is 12.0 Å². The first kappa shape index (κ1) is 16.6. The van der Waals surface area contributed by atoms with Gasteiger partial charge in [-0.15, -0.1) is 0 Å². The van der Waals surface area contributed by atoms with Crippen molar-refractivity contribution in [3.63, 3.8) is 0 Å². The molecule has 0 bridgehead atoms. The van der Waals surface area contributed by atoms with Crippen molar-refractivity contribution in [1.82, 2.24) is 5.16 Å². The van der Waals surface area contributed by atoms with Crippen LogP contribution in [0.5, 0.6) is 0 Å². The van der Waals surface area contributed by atoms with Gasteiger partial charge in [-0.2, -0.15) is 0 Å². The van der Waals surface area contributed by atoms with Gasteiger partial charge in [0.05, 0.1) is 6.20 Å². The predicted octanol–water partition coefficient (Wildman–Crippen LogP) is 5.97. The minimum atomic E-state index is 0.721. The van der Waals surface area contributed by atoms with Crippen LogP contribution in [0.15, 0.2) is 10.7 Å². The average molecular weight is 291 g/mol. The van der Waals surface area contributed by atoms with Crippen molar-refractivity contribution in [3.05, 3.63) is 17.5 Å². The first-order valence-corrected chi connectivity index (χ1v) is 9.07. The number of hydrogen-bond donors (Lipinski definition) is 0. The minimum Gasteiger partial charge on any atom is -0.361 e. The van der Waals surface area contributed by atoms with E-state index in [1.165, 1.54) is 56.3 Å². The fourth-order valence-electron chi connectivity index (χ4n) is 3.59. The maximum atomic E-state index is 5.59. The van der Waals surface area contributed by atoms with Gasteiger partial charge in [0.15, 0.2) is 0 Å². The van der Waals surface area contributed by atoms with Crippen molar-refractivity contribution in [2.24, 2.45) is 17.8 Å². The van der Waals surface area contributed by atoms with Crippen LogP contribution in [0.25, 0.3) is 0 Å². The summed E-state index contributed by atoms with van der Waals surface area (Å²) in [7, 11) is 0. The van der Waals surface area contributed by atoms with Crippen LogP contribution in [0.1, 0.15) is 89.9 Å². The van der Waals surface area contributed by atoms with Gasteiger partial charge >= 0.3 is 0 Å². The van der Waals surface area contributed by atoms with E-state index in [4.69, 9.17) is 4.52 Å². The molecule has 2 atom stereocenters. The molecule has 2 heteroatoms. The van der Waals surface area contributed by atoms with Gasteiger partial charge in [0.1, 0.15) is 5.76 Å². The quantitative estimate of drug-likeness (QED) is 0.560. The normalized spacial score (nSPS) is 24.6. The molecule has 0 aliphatic heterocycles. The molecule has 0 aromatic carbocycles. The maximum Gasteiger partial charge on any atom is 0.140 e. The third kappa shape index (κ3) is 4.59. The van der Waals surface area contributed by atoms with Gasteiger partial charge in [-0.05, 0) is 36.5 Å². The van der Waals surface area contributed by atoms with Gasteiger partial charge in [0.25, 0.3) is 0 Å². The molecule has 1 aromatic heterocycles. The molecule has 1 heterocycles. The highest BCUT2D eigenvalue weighted by Crippen LogP contribution is 2.42. The number of rotatable bonds is 9. The van der Waals surface area contributed by atoms with Crippen LogP contribution < -0.4 is 0 Å². The Morgan fingerprint density at radius 3 is 2.62 bits per heavy atom. The van der Waals surface area contributed by atoms with E-state index in [2.05, 4.69) is 32.9 Å². The molecule has 2 unspecified atom stereocenters. The van der Waals surface area contributed by atoms with Crippen molar-refractivity contribution >= 4 is 0 Å². The van der Waals surface area contributed by atoms with E-state index in [9.17, 15) is 0 Å². The number of aromatic nitrogens is 1. The molecule has 0 N–H and O–H groups in total. The number of hydrogen-bond acceptors (Lipinski definition) is 2. The third-order valence-corrected chi connectivity index (χ3v) is 5.55. The summed E-state index contributed by atoms with van der Waals surface area (Å²) in [6, 6.07) is 0. The Bertz CT molecular complexity index is 405. The van der Waals surface area contributed by atoms with E-state index in [0.29, 0.717) is 0 Å². The summed E-state index contributed by atoms with van der Waals surface area (Å²) in [4.78, 5) is 0. The van der Waals surface area contributed by atoms with Gasteiger partial charge in [-0.3, -0.25) is 0 Å². The van der Waals surface area contributed by atoms with Gasteiger partial charge < -0.3 is 4.52 Å². The molecule has 0 amide bonds. The van der Waals surface area contributed by atoms with Gasteiger partial charge in [-0.25, -0.2) is 0 Å². The minimum absolute atomic E-state index is 0.721. The van der Waals surface area contributed by atoms with Gasteiger partial charge in [0.2, 0.25) is 0 Å². The summed E-state index contributed by atoms with van der Waals surface area (Å²) in [6.45, 7) is 9.32. The second-order valence-electron chi connectivity index (χ2n) is 7.40. The monoisotopic (exact) mass is 291 g/mol. The summed E-state index contributed by atoms with van der Waals surface area (Å²) < 4.78 is 5.59. The molecule has 1 fully saturated rings. The van der Waals surface area contributed by atoms with Crippen molar-refractivity contribution < 1.29 is 4.52 Å². The summed E-state index contributed by atoms with van der Waals surface area (Å²) in [5.41, 5.74) is 1.41. The lowest BCUT2D eigenvalue weighted by molar-refractivity contribution is 0.279. The highest BCUT2D eigenvalue weighted by atomic mass is 16.5. The van der Waals surface area contributed by atoms with Crippen LogP contribution in [-0.4, -0.2) is 5.16 Å². The van der Waals surface area contributed by atoms with Crippen LogP contribution in [0.2, 0.25) is 0 Å². The Kier molecular flexibility index (Phi) is 6.32. The molecule has 1 aliphatic carbocycles. The molecule has 0 radical (unpaired) electrons. The first-order valence-electron chi connectivity index (χ1n) is 9.07. The second-order valence-corrected chi connectivity index (χ2v) is 7.40. The summed E-state index contributed by atoms with van der Waals surface area (Å²) in [5.74, 6) is 4.43. The standard InChI is InChI=1S/C19H33NO/c1-5-14(3)8-7-9-16(6-2)12-19-18(13-20-21-19)17-10-15(4)11-17/h13-17H,5-12H2,1-4H3. The summed E-state index contributed by atoms with van der Waals surface area (Å²) in [5, 5.41) is 4.08. The second kappa shape index (κ2) is 8.00. The molecule has 120 valence electrons. The molecule has 0 saturated heterocycles. The number of nitrogens with zero attached hydrogens (tertiary/aromatic N) is 1. The zero-order chi connectivity index (χ0) is 15.2. The van der Waals surface area contributed by atoms with Crippen LogP contribution in [0.4, 0.5) is 0 Å². The molecule has 1 saturated carbocycles. The van der Waals surface area contributed by atoms with Crippen LogP contribution in [-0.2, 0) is 6.42 Å². The molecular formula is C19H33NO. The van der Waals surface area contributed by atoms with E-state index in [1.807, 2.05) is 6.20 Å². The first-order chi connectivity index (χ1) is 10.1. The van der Waals surface area contributed by atoms with Crippen LogP contribution in [0, 0.1) is 17.8 Å². The van der Waals surface area contributed by atoms with Gasteiger partial charge in [-0.1, -0.05) is 65.0 Å². The fourth-order valence-corrected chi connectivity index (χ4v) is 3.59. The van der Waals surface area contributed by atoms with Crippen LogP contribution in [0.3, 0.4) is 0 Å². The lowest BCUT2D eigenvalue weighted by Gasteiger charge is -2.32. The Labute approximate surface area is 130 Å². The van der Waals surface area contributed by atoms with E-state index >= 15 is 0 Å². The van der Waals surface area contributed by atoms with Crippen molar-refractivity contribution in [1.29, 1.82) is 0 Å². The zero-order valence-corrected chi connectivity index (χ0v) is 14.4. The third-order valence-electron chi connectivity index (χ3n) is 5.55. The Morgan fingerprint density at radius 2 is 2.00 bits per heavy atom. The molecule has 0 spiro atoms. The molecule has 2 nitrogen and oxygen atoms in total. The van der Waals surface area contributed by atoms with E-state index < -0.39 is 0 Å². The molecule has 1 aromatic rings. The van der Waals surface area contributed by atoms with Crippen LogP contribution >= 0.6 is 0 Å². The highest BCUT2D eigenvalue weighted by molar-refractivity contribution is 5.22. The highest BCUT2D eigenvalue weighted by Gasteiger charge is 2.30.